The molecule has 1 atom stereocenters. The highest BCUT2D eigenvalue weighted by atomic mass is 35.5. The van der Waals surface area contributed by atoms with E-state index in [0.717, 1.165) is 36.8 Å². The second-order valence-corrected chi connectivity index (χ2v) is 6.66. The maximum Gasteiger partial charge on any atom is 0.171 e. The van der Waals surface area contributed by atoms with Crippen LogP contribution in [0.15, 0.2) is 54.6 Å². The topological polar surface area (TPSA) is 27.3 Å². The SMILES string of the molecule is S=C(Nc1ccc(Cl)cc1)N[C@@H]1CCN(Cc2ccccc2)C1. The third-order valence-electron chi connectivity index (χ3n) is 3.96. The number of anilines is 1. The van der Waals surface area contributed by atoms with Crippen LogP contribution in [-0.2, 0) is 6.54 Å². The van der Waals surface area contributed by atoms with Crippen LogP contribution in [0.5, 0.6) is 0 Å². The molecule has 0 saturated carbocycles. The standard InChI is InChI=1S/C18H20ClN3S/c19-15-6-8-16(9-7-15)20-18(23)21-17-10-11-22(13-17)12-14-4-2-1-3-5-14/h1-9,17H,10-13H2,(H2,20,21,23)/t17-/m1/s1. The molecule has 2 N–H and O–H groups in total. The lowest BCUT2D eigenvalue weighted by molar-refractivity contribution is 0.324. The van der Waals surface area contributed by atoms with Gasteiger partial charge in [-0.05, 0) is 48.5 Å². The molecule has 5 heteroatoms. The molecule has 0 radical (unpaired) electrons. The molecule has 0 unspecified atom stereocenters. The Morgan fingerprint density at radius 2 is 1.87 bits per heavy atom. The molecule has 1 aliphatic heterocycles. The van der Waals surface area contributed by atoms with Gasteiger partial charge in [-0.3, -0.25) is 4.90 Å². The Bertz CT molecular complexity index is 645. The van der Waals surface area contributed by atoms with E-state index < -0.39 is 0 Å². The minimum atomic E-state index is 0.394. The normalized spacial score (nSPS) is 17.9. The summed E-state index contributed by atoms with van der Waals surface area (Å²) in [4.78, 5) is 2.46. The number of benzene rings is 2. The molecule has 1 aliphatic rings. The summed E-state index contributed by atoms with van der Waals surface area (Å²) >= 11 is 11.3. The Morgan fingerprint density at radius 3 is 2.61 bits per heavy atom. The van der Waals surface area contributed by atoms with Crippen LogP contribution in [0.3, 0.4) is 0 Å². The van der Waals surface area contributed by atoms with E-state index in [9.17, 15) is 0 Å². The molecule has 2 aromatic carbocycles. The van der Waals surface area contributed by atoms with Gasteiger partial charge in [-0.1, -0.05) is 41.9 Å². The summed E-state index contributed by atoms with van der Waals surface area (Å²) < 4.78 is 0. The first kappa shape index (κ1) is 16.2. The molecular weight excluding hydrogens is 326 g/mol. The van der Waals surface area contributed by atoms with Crippen molar-refractivity contribution in [2.24, 2.45) is 0 Å². The fourth-order valence-electron chi connectivity index (χ4n) is 2.82. The van der Waals surface area contributed by atoms with E-state index in [-0.39, 0.29) is 0 Å². The summed E-state index contributed by atoms with van der Waals surface area (Å²) in [5.74, 6) is 0. The molecule has 1 saturated heterocycles. The van der Waals surface area contributed by atoms with E-state index in [4.69, 9.17) is 23.8 Å². The molecule has 23 heavy (non-hydrogen) atoms. The zero-order chi connectivity index (χ0) is 16.1. The molecule has 0 spiro atoms. The Morgan fingerprint density at radius 1 is 1.13 bits per heavy atom. The Hall–Kier alpha value is -1.62. The van der Waals surface area contributed by atoms with Crippen LogP contribution < -0.4 is 10.6 Å². The van der Waals surface area contributed by atoms with Crippen molar-refractivity contribution in [2.75, 3.05) is 18.4 Å². The number of nitrogens with zero attached hydrogens (tertiary/aromatic N) is 1. The minimum Gasteiger partial charge on any atom is -0.358 e. The van der Waals surface area contributed by atoms with Gasteiger partial charge in [0.25, 0.3) is 0 Å². The Kier molecular flexibility index (Phi) is 5.49. The molecule has 1 heterocycles. The highest BCUT2D eigenvalue weighted by Gasteiger charge is 2.22. The quantitative estimate of drug-likeness (QED) is 0.822. The number of halogens is 1. The lowest BCUT2D eigenvalue weighted by Gasteiger charge is -2.18. The van der Waals surface area contributed by atoms with Gasteiger partial charge in [0.05, 0.1) is 0 Å². The van der Waals surface area contributed by atoms with Crippen LogP contribution in [0, 0.1) is 0 Å². The number of nitrogens with one attached hydrogen (secondary N) is 2. The lowest BCUT2D eigenvalue weighted by Crippen LogP contribution is -2.39. The van der Waals surface area contributed by atoms with Gasteiger partial charge in [0.1, 0.15) is 0 Å². The molecule has 0 aliphatic carbocycles. The van der Waals surface area contributed by atoms with Crippen LogP contribution in [0.25, 0.3) is 0 Å². The third kappa shape index (κ3) is 4.93. The van der Waals surface area contributed by atoms with Crippen molar-refractivity contribution in [3.05, 3.63) is 65.2 Å². The molecule has 0 bridgehead atoms. The van der Waals surface area contributed by atoms with Crippen molar-refractivity contribution in [2.45, 2.75) is 19.0 Å². The molecule has 0 amide bonds. The van der Waals surface area contributed by atoms with Gasteiger partial charge >= 0.3 is 0 Å². The molecule has 2 aromatic rings. The van der Waals surface area contributed by atoms with Gasteiger partial charge in [-0.15, -0.1) is 0 Å². The minimum absolute atomic E-state index is 0.394. The first-order valence-corrected chi connectivity index (χ1v) is 8.57. The predicted octanol–water partition coefficient (Wildman–Crippen LogP) is 3.90. The summed E-state index contributed by atoms with van der Waals surface area (Å²) in [7, 11) is 0. The van der Waals surface area contributed by atoms with E-state index in [1.54, 1.807) is 0 Å². The van der Waals surface area contributed by atoms with Crippen molar-refractivity contribution >= 4 is 34.6 Å². The van der Waals surface area contributed by atoms with Gasteiger partial charge < -0.3 is 10.6 Å². The highest BCUT2D eigenvalue weighted by Crippen LogP contribution is 2.15. The summed E-state index contributed by atoms with van der Waals surface area (Å²) in [6, 6.07) is 18.5. The average Bonchev–Trinajstić information content (AvgIpc) is 2.97. The number of hydrogen-bond donors (Lipinski definition) is 2. The molecule has 0 aromatic heterocycles. The largest absolute Gasteiger partial charge is 0.358 e. The van der Waals surface area contributed by atoms with Crippen LogP contribution in [0.4, 0.5) is 5.69 Å². The van der Waals surface area contributed by atoms with Gasteiger partial charge in [0.2, 0.25) is 0 Å². The summed E-state index contributed by atoms with van der Waals surface area (Å²) in [6.07, 6.45) is 1.11. The van der Waals surface area contributed by atoms with Crippen molar-refractivity contribution < 1.29 is 0 Å². The van der Waals surface area contributed by atoms with Crippen molar-refractivity contribution in [1.29, 1.82) is 0 Å². The Balaban J connectivity index is 1.46. The third-order valence-corrected chi connectivity index (χ3v) is 4.43. The summed E-state index contributed by atoms with van der Waals surface area (Å²) in [5.41, 5.74) is 2.31. The second kappa shape index (κ2) is 7.77. The van der Waals surface area contributed by atoms with Crippen LogP contribution in [0.1, 0.15) is 12.0 Å². The molecular formula is C18H20ClN3S. The van der Waals surface area contributed by atoms with Crippen molar-refractivity contribution in [1.82, 2.24) is 10.2 Å². The second-order valence-electron chi connectivity index (χ2n) is 5.81. The van der Waals surface area contributed by atoms with E-state index >= 15 is 0 Å². The number of rotatable bonds is 4. The van der Waals surface area contributed by atoms with Crippen molar-refractivity contribution in [3.63, 3.8) is 0 Å². The zero-order valence-electron chi connectivity index (χ0n) is 12.8. The summed E-state index contributed by atoms with van der Waals surface area (Å²) in [6.45, 7) is 3.10. The van der Waals surface area contributed by atoms with Crippen LogP contribution in [0.2, 0.25) is 5.02 Å². The highest BCUT2D eigenvalue weighted by molar-refractivity contribution is 7.80. The predicted molar refractivity (Wildman–Crippen MR) is 101 cm³/mol. The monoisotopic (exact) mass is 345 g/mol. The maximum atomic E-state index is 5.89. The molecule has 3 nitrogen and oxygen atoms in total. The molecule has 120 valence electrons. The first-order chi connectivity index (χ1) is 11.2. The fraction of sp³-hybridized carbons (Fsp3) is 0.278. The van der Waals surface area contributed by atoms with Crippen molar-refractivity contribution in [3.8, 4) is 0 Å². The van der Waals surface area contributed by atoms with E-state index in [0.29, 0.717) is 11.2 Å². The number of thiocarbonyl (C=S) groups is 1. The van der Waals surface area contributed by atoms with Crippen LogP contribution in [-0.4, -0.2) is 29.1 Å². The number of likely N-dealkylation sites (tertiary alicyclic amines) is 1. The number of hydrogen-bond acceptors (Lipinski definition) is 2. The Labute approximate surface area is 147 Å². The van der Waals surface area contributed by atoms with Gasteiger partial charge in [0.15, 0.2) is 5.11 Å². The molecule has 3 rings (SSSR count). The summed E-state index contributed by atoms with van der Waals surface area (Å²) in [5, 5.41) is 8.00. The van der Waals surface area contributed by atoms with Crippen LogP contribution >= 0.6 is 23.8 Å². The lowest BCUT2D eigenvalue weighted by atomic mass is 10.2. The van der Waals surface area contributed by atoms with Gasteiger partial charge in [0, 0.05) is 36.4 Å². The van der Waals surface area contributed by atoms with Gasteiger partial charge in [-0.2, -0.15) is 0 Å². The van der Waals surface area contributed by atoms with Gasteiger partial charge in [-0.25, -0.2) is 0 Å². The maximum absolute atomic E-state index is 5.89. The van der Waals surface area contributed by atoms with E-state index in [1.165, 1.54) is 5.56 Å². The first-order valence-electron chi connectivity index (χ1n) is 7.78. The molecule has 1 fully saturated rings. The van der Waals surface area contributed by atoms with E-state index in [1.807, 2.05) is 24.3 Å². The smallest absolute Gasteiger partial charge is 0.171 e. The zero-order valence-corrected chi connectivity index (χ0v) is 14.4. The fourth-order valence-corrected chi connectivity index (χ4v) is 3.23. The average molecular weight is 346 g/mol. The van der Waals surface area contributed by atoms with E-state index in [2.05, 4.69) is 45.9 Å².